The zero-order chi connectivity index (χ0) is 35.1. The molecule has 0 unspecified atom stereocenters. The smallest absolute Gasteiger partial charge is 0.0436 e. The zero-order valence-electron chi connectivity index (χ0n) is 32.9. The highest BCUT2D eigenvalue weighted by Gasteiger charge is 2.36. The van der Waals surface area contributed by atoms with E-state index in [-0.39, 0.29) is 16.8 Å². The SMILES string of the molecule is C#CC.Cc1sc(C)c2c1-c1c(C)c(C)c3c4c(c(C)c(C)c-2c14)CC3.Cc1sc2c(c1C)-c1c(C)c(C)c3c4c(c(C)c(C)c-2c14)CC3.[B].[B]. The maximum absolute atomic E-state index is 4.60. The Hall–Kier alpha value is -3.51. The molecule has 4 aromatic carbocycles. The van der Waals surface area contributed by atoms with E-state index in [4.69, 9.17) is 0 Å². The van der Waals surface area contributed by atoms with Gasteiger partial charge >= 0.3 is 0 Å². The Labute approximate surface area is 318 Å². The van der Waals surface area contributed by atoms with E-state index < -0.39 is 0 Å². The van der Waals surface area contributed by atoms with Crippen molar-refractivity contribution in [1.82, 2.24) is 0 Å². The van der Waals surface area contributed by atoms with Gasteiger partial charge in [-0.15, -0.1) is 35.0 Å². The number of rotatable bonds is 0. The second kappa shape index (κ2) is 12.6. The molecule has 0 fully saturated rings. The van der Waals surface area contributed by atoms with E-state index in [1.807, 2.05) is 22.7 Å². The predicted molar refractivity (Wildman–Crippen MR) is 230 cm³/mol. The van der Waals surface area contributed by atoms with Gasteiger partial charge in [-0.1, -0.05) is 0 Å². The normalized spacial score (nSPS) is 12.9. The summed E-state index contributed by atoms with van der Waals surface area (Å²) in [6, 6.07) is 0. The lowest BCUT2D eigenvalue weighted by Gasteiger charge is -2.17. The van der Waals surface area contributed by atoms with Gasteiger partial charge in [0.15, 0.2) is 0 Å². The van der Waals surface area contributed by atoms with Crippen molar-refractivity contribution in [2.75, 3.05) is 0 Å². The number of aryl methyl sites for hydroxylation is 7. The number of terminal acetylenes is 1. The molecule has 4 aliphatic rings. The van der Waals surface area contributed by atoms with E-state index >= 15 is 0 Å². The summed E-state index contributed by atoms with van der Waals surface area (Å²) in [5.74, 6) is 2.25. The topological polar surface area (TPSA) is 0 Å². The molecule has 0 N–H and O–H groups in total. The molecule has 0 saturated heterocycles. The van der Waals surface area contributed by atoms with E-state index in [1.165, 1.54) is 95.3 Å². The summed E-state index contributed by atoms with van der Waals surface area (Å²) in [6.07, 6.45) is 9.52. The lowest BCUT2D eigenvalue weighted by atomic mass is 9.87. The van der Waals surface area contributed by atoms with Crippen LogP contribution in [0.4, 0.5) is 0 Å². The molecule has 10 rings (SSSR count). The fourth-order valence-electron chi connectivity index (χ4n) is 10.2. The van der Waals surface area contributed by atoms with Crippen molar-refractivity contribution in [3.8, 4) is 56.2 Å². The summed E-state index contributed by atoms with van der Waals surface area (Å²) in [6.45, 7) is 29.6. The molecule has 2 aromatic heterocycles. The van der Waals surface area contributed by atoms with E-state index in [9.17, 15) is 0 Å². The zero-order valence-corrected chi connectivity index (χ0v) is 34.5. The van der Waals surface area contributed by atoms with Crippen molar-refractivity contribution in [3.05, 3.63) is 87.0 Å². The Morgan fingerprint density at radius 3 is 1.06 bits per heavy atom. The van der Waals surface area contributed by atoms with Crippen LogP contribution in [0.3, 0.4) is 0 Å². The van der Waals surface area contributed by atoms with Crippen molar-refractivity contribution < 1.29 is 0 Å². The van der Waals surface area contributed by atoms with Crippen LogP contribution >= 0.6 is 22.7 Å². The molecule has 0 amide bonds. The van der Waals surface area contributed by atoms with Crippen LogP contribution in [-0.4, -0.2) is 16.8 Å². The Morgan fingerprint density at radius 1 is 0.373 bits per heavy atom. The van der Waals surface area contributed by atoms with Crippen LogP contribution in [0, 0.1) is 95.4 Å². The van der Waals surface area contributed by atoms with Crippen LogP contribution in [0.15, 0.2) is 0 Å². The lowest BCUT2D eigenvalue weighted by molar-refractivity contribution is 0.998. The molecule has 6 aromatic rings. The maximum Gasteiger partial charge on any atom is 0.0436 e. The van der Waals surface area contributed by atoms with Gasteiger partial charge in [0.2, 0.25) is 0 Å². The second-order valence-corrected chi connectivity index (χ2v) is 17.8. The van der Waals surface area contributed by atoms with E-state index in [0.717, 1.165) is 0 Å². The average molecular weight is 699 g/mol. The first kappa shape index (κ1) is 37.3. The quantitative estimate of drug-likeness (QED) is 0.109. The van der Waals surface area contributed by atoms with Gasteiger partial charge in [0, 0.05) is 58.6 Å². The molecular weight excluding hydrogens is 650 g/mol. The predicted octanol–water partition coefficient (Wildman–Crippen LogP) is 12.9. The minimum Gasteiger partial charge on any atom is -0.145 e. The third kappa shape index (κ3) is 4.53. The molecule has 6 radical (unpaired) electrons. The highest BCUT2D eigenvalue weighted by Crippen LogP contribution is 2.60. The highest BCUT2D eigenvalue weighted by atomic mass is 32.1. The standard InChI is InChI=1S/2C22H22S.C3H4.2B/c1-9-11(3)17-19-13(5)23-14(6)20(19)18-12(4)10(2)16-8-7-15(9)21(16)22(17)18;1-9-11(3)17-19-13(5)14(6)23-22(19)18-12(4)10(2)16-8-7-15(9)20(16)21(17)18;1-3-2;;/h2*7-8H2,1-6H3;1H,2H3;;. The Kier molecular flexibility index (Phi) is 9.18. The fourth-order valence-corrected chi connectivity index (χ4v) is 12.6. The van der Waals surface area contributed by atoms with Crippen LogP contribution in [0.1, 0.15) is 93.9 Å². The highest BCUT2D eigenvalue weighted by molar-refractivity contribution is 7.16. The van der Waals surface area contributed by atoms with Gasteiger partial charge in [-0.05, 0) is 226 Å². The first-order chi connectivity index (χ1) is 23.3. The average Bonchev–Trinajstić information content (AvgIpc) is 3.89. The molecule has 51 heavy (non-hydrogen) atoms. The maximum atomic E-state index is 4.60. The van der Waals surface area contributed by atoms with Gasteiger partial charge in [-0.3, -0.25) is 0 Å². The molecule has 2 heterocycles. The summed E-state index contributed by atoms with van der Waals surface area (Å²) in [7, 11) is 0. The molecule has 4 heteroatoms. The van der Waals surface area contributed by atoms with Crippen molar-refractivity contribution in [1.29, 1.82) is 0 Å². The van der Waals surface area contributed by atoms with Crippen LogP contribution in [0.25, 0.3) is 65.4 Å². The van der Waals surface area contributed by atoms with Crippen molar-refractivity contribution >= 4 is 61.0 Å². The molecular formula is C47H48B2S2. The van der Waals surface area contributed by atoms with E-state index in [0.29, 0.717) is 0 Å². The lowest BCUT2D eigenvalue weighted by Crippen LogP contribution is -1.95. The molecule has 0 spiro atoms. The number of thiophene rings is 2. The third-order valence-corrected chi connectivity index (χ3v) is 15.4. The first-order valence-electron chi connectivity index (χ1n) is 18.0. The summed E-state index contributed by atoms with van der Waals surface area (Å²) < 4.78 is 0. The van der Waals surface area contributed by atoms with Gasteiger partial charge in [-0.2, -0.15) is 0 Å². The van der Waals surface area contributed by atoms with Crippen molar-refractivity contribution in [2.45, 2.75) is 116 Å². The third-order valence-electron chi connectivity index (χ3n) is 13.1. The summed E-state index contributed by atoms with van der Waals surface area (Å²) in [4.78, 5) is 5.99. The van der Waals surface area contributed by atoms with Crippen molar-refractivity contribution in [3.63, 3.8) is 0 Å². The van der Waals surface area contributed by atoms with Crippen LogP contribution in [0.2, 0.25) is 0 Å². The summed E-state index contributed by atoms with van der Waals surface area (Å²) in [5, 5.41) is 6.40. The molecule has 0 aliphatic heterocycles. The summed E-state index contributed by atoms with van der Waals surface area (Å²) in [5.41, 5.74) is 31.1. The number of hydrogen-bond donors (Lipinski definition) is 0. The van der Waals surface area contributed by atoms with Crippen LogP contribution < -0.4 is 0 Å². The monoisotopic (exact) mass is 698 g/mol. The molecule has 0 nitrogen and oxygen atoms in total. The minimum atomic E-state index is 0. The largest absolute Gasteiger partial charge is 0.145 e. The Bertz CT molecular complexity index is 2460. The van der Waals surface area contributed by atoms with Gasteiger partial charge < -0.3 is 0 Å². The van der Waals surface area contributed by atoms with Crippen LogP contribution in [0.5, 0.6) is 0 Å². The van der Waals surface area contributed by atoms with Gasteiger partial charge in [0.1, 0.15) is 0 Å². The molecule has 254 valence electrons. The minimum absolute atomic E-state index is 0. The number of benzene rings is 4. The fraction of sp³-hybridized carbons (Fsp3) is 0.362. The van der Waals surface area contributed by atoms with Gasteiger partial charge in [0.05, 0.1) is 0 Å². The number of hydrogen-bond acceptors (Lipinski definition) is 2. The van der Waals surface area contributed by atoms with Crippen molar-refractivity contribution in [2.24, 2.45) is 0 Å². The Morgan fingerprint density at radius 2 is 0.686 bits per heavy atom. The Balaban J connectivity index is 0.000000158. The van der Waals surface area contributed by atoms with Gasteiger partial charge in [-0.25, -0.2) is 0 Å². The van der Waals surface area contributed by atoms with Gasteiger partial charge in [0.25, 0.3) is 0 Å². The summed E-state index contributed by atoms with van der Waals surface area (Å²) >= 11 is 3.98. The molecule has 0 atom stereocenters. The second-order valence-electron chi connectivity index (χ2n) is 15.2. The molecule has 4 aliphatic carbocycles. The molecule has 0 bridgehead atoms. The van der Waals surface area contributed by atoms with E-state index in [1.54, 1.807) is 89.7 Å². The van der Waals surface area contributed by atoms with Crippen LogP contribution in [-0.2, 0) is 25.7 Å². The van der Waals surface area contributed by atoms with E-state index in [2.05, 4.69) is 95.4 Å². The first-order valence-corrected chi connectivity index (χ1v) is 19.7. The molecule has 0 saturated carbocycles. The number of fused-ring (bicyclic) bond motifs is 6.